The van der Waals surface area contributed by atoms with E-state index in [1.807, 2.05) is 31.2 Å². The first-order valence-corrected chi connectivity index (χ1v) is 10.2. The Morgan fingerprint density at radius 1 is 1.17 bits per heavy atom. The molecule has 29 heavy (non-hydrogen) atoms. The quantitative estimate of drug-likeness (QED) is 0.540. The third-order valence-corrected chi connectivity index (χ3v) is 5.05. The van der Waals surface area contributed by atoms with Crippen LogP contribution in [0.2, 0.25) is 0 Å². The Morgan fingerprint density at radius 3 is 2.72 bits per heavy atom. The van der Waals surface area contributed by atoms with E-state index in [1.54, 1.807) is 14.2 Å². The van der Waals surface area contributed by atoms with Crippen LogP contribution >= 0.6 is 0 Å². The normalized spacial score (nSPS) is 19.5. The molecule has 2 atom stereocenters. The topological polar surface area (TPSA) is 64.1 Å². The van der Waals surface area contributed by atoms with Gasteiger partial charge in [0.1, 0.15) is 0 Å². The number of methoxy groups -OCH3 is 1. The van der Waals surface area contributed by atoms with Crippen LogP contribution in [0.15, 0.2) is 53.5 Å². The molecule has 0 amide bonds. The van der Waals surface area contributed by atoms with E-state index in [2.05, 4.69) is 39.9 Å². The van der Waals surface area contributed by atoms with Crippen LogP contribution in [0.1, 0.15) is 31.4 Å². The van der Waals surface area contributed by atoms with Gasteiger partial charge in [-0.15, -0.1) is 0 Å². The number of guanidine groups is 1. The predicted molar refractivity (Wildman–Crippen MR) is 117 cm³/mol. The second kappa shape index (κ2) is 10.7. The maximum absolute atomic E-state index is 6.10. The lowest BCUT2D eigenvalue weighted by atomic mass is 9.89. The van der Waals surface area contributed by atoms with Gasteiger partial charge in [-0.3, -0.25) is 4.99 Å². The van der Waals surface area contributed by atoms with E-state index in [0.29, 0.717) is 24.0 Å². The maximum atomic E-state index is 6.10. The molecule has 6 nitrogen and oxygen atoms in total. The zero-order chi connectivity index (χ0) is 20.5. The van der Waals surface area contributed by atoms with Gasteiger partial charge in [0.15, 0.2) is 17.5 Å². The molecule has 0 radical (unpaired) electrons. The van der Waals surface area contributed by atoms with Crippen molar-refractivity contribution in [2.24, 2.45) is 10.9 Å². The van der Waals surface area contributed by atoms with Crippen LogP contribution in [0.25, 0.3) is 0 Å². The average molecular weight is 398 g/mol. The van der Waals surface area contributed by atoms with Crippen molar-refractivity contribution in [1.82, 2.24) is 5.32 Å². The monoisotopic (exact) mass is 397 g/mol. The number of nitrogens with one attached hydrogen (secondary N) is 2. The largest absolute Gasteiger partial charge is 0.493 e. The molecule has 1 fully saturated rings. The van der Waals surface area contributed by atoms with Gasteiger partial charge in [0.2, 0.25) is 0 Å². The molecule has 1 aliphatic rings. The summed E-state index contributed by atoms with van der Waals surface area (Å²) in [5, 5.41) is 6.79. The maximum Gasteiger partial charge on any atom is 0.195 e. The van der Waals surface area contributed by atoms with Crippen molar-refractivity contribution in [3.05, 3.63) is 54.1 Å². The molecule has 156 valence electrons. The predicted octanol–water partition coefficient (Wildman–Crippen LogP) is 4.25. The molecule has 2 aromatic rings. The van der Waals surface area contributed by atoms with Crippen molar-refractivity contribution in [3.8, 4) is 11.5 Å². The average Bonchev–Trinajstić information content (AvgIpc) is 2.78. The molecule has 0 saturated carbocycles. The first kappa shape index (κ1) is 21.0. The summed E-state index contributed by atoms with van der Waals surface area (Å²) in [6.45, 7) is 4.13. The number of aliphatic imine (C=N–C) groups is 1. The van der Waals surface area contributed by atoms with E-state index in [4.69, 9.17) is 14.2 Å². The number of rotatable bonds is 7. The zero-order valence-corrected chi connectivity index (χ0v) is 17.5. The first-order chi connectivity index (χ1) is 14.2. The van der Waals surface area contributed by atoms with Crippen molar-refractivity contribution in [2.75, 3.05) is 39.2 Å². The number of hydrogen-bond acceptors (Lipinski definition) is 4. The number of hydrogen-bond donors (Lipinski definition) is 2. The summed E-state index contributed by atoms with van der Waals surface area (Å²) in [7, 11) is 3.41. The summed E-state index contributed by atoms with van der Waals surface area (Å²) in [4.78, 5) is 4.37. The molecule has 1 saturated heterocycles. The van der Waals surface area contributed by atoms with Gasteiger partial charge >= 0.3 is 0 Å². The summed E-state index contributed by atoms with van der Waals surface area (Å²) in [6, 6.07) is 16.2. The van der Waals surface area contributed by atoms with E-state index < -0.39 is 0 Å². The molecule has 2 aromatic carbocycles. The highest BCUT2D eigenvalue weighted by Crippen LogP contribution is 2.33. The highest BCUT2D eigenvalue weighted by molar-refractivity contribution is 5.93. The van der Waals surface area contributed by atoms with E-state index in [-0.39, 0.29) is 6.10 Å². The number of nitrogens with zero attached hydrogens (tertiary/aromatic N) is 1. The molecule has 0 bridgehead atoms. The Balaban J connectivity index is 1.63. The van der Waals surface area contributed by atoms with Crippen LogP contribution in [0.5, 0.6) is 11.5 Å². The number of anilines is 1. The van der Waals surface area contributed by atoms with E-state index in [1.165, 1.54) is 5.56 Å². The van der Waals surface area contributed by atoms with Crippen LogP contribution < -0.4 is 20.1 Å². The van der Waals surface area contributed by atoms with Gasteiger partial charge in [-0.2, -0.15) is 0 Å². The Kier molecular flexibility index (Phi) is 7.76. The fraction of sp³-hybridized carbons (Fsp3) is 0.435. The molecule has 0 spiro atoms. The molecule has 6 heteroatoms. The van der Waals surface area contributed by atoms with Crippen LogP contribution in [0.4, 0.5) is 5.69 Å². The van der Waals surface area contributed by atoms with Gasteiger partial charge in [0, 0.05) is 37.9 Å². The lowest BCUT2D eigenvalue weighted by Crippen LogP contribution is -2.38. The molecule has 3 rings (SSSR count). The van der Waals surface area contributed by atoms with Gasteiger partial charge in [-0.1, -0.05) is 30.3 Å². The lowest BCUT2D eigenvalue weighted by Gasteiger charge is -2.32. The summed E-state index contributed by atoms with van der Waals surface area (Å²) in [6.07, 6.45) is 2.32. The summed E-state index contributed by atoms with van der Waals surface area (Å²) in [5.41, 5.74) is 2.13. The second-order valence-corrected chi connectivity index (χ2v) is 6.98. The van der Waals surface area contributed by atoms with Gasteiger partial charge < -0.3 is 24.8 Å². The van der Waals surface area contributed by atoms with E-state index in [0.717, 1.165) is 37.6 Å². The van der Waals surface area contributed by atoms with E-state index in [9.17, 15) is 0 Å². The molecule has 1 heterocycles. The minimum absolute atomic E-state index is 0.112. The zero-order valence-electron chi connectivity index (χ0n) is 17.5. The Morgan fingerprint density at radius 2 is 2.00 bits per heavy atom. The third kappa shape index (κ3) is 5.64. The van der Waals surface area contributed by atoms with Crippen LogP contribution in [-0.4, -0.2) is 39.9 Å². The van der Waals surface area contributed by atoms with Gasteiger partial charge in [0.05, 0.1) is 19.8 Å². The van der Waals surface area contributed by atoms with Crippen molar-refractivity contribution in [2.45, 2.75) is 25.9 Å². The minimum atomic E-state index is 0.112. The number of benzene rings is 2. The highest BCUT2D eigenvalue weighted by atomic mass is 16.5. The van der Waals surface area contributed by atoms with Crippen LogP contribution in [0.3, 0.4) is 0 Å². The van der Waals surface area contributed by atoms with Crippen LogP contribution in [-0.2, 0) is 4.74 Å². The SMILES string of the molecule is CCOc1cc(NC(=NC)NCC2CCCOC2c2ccccc2)ccc1OC. The smallest absolute Gasteiger partial charge is 0.195 e. The molecule has 2 unspecified atom stereocenters. The second-order valence-electron chi connectivity index (χ2n) is 6.98. The fourth-order valence-corrected chi connectivity index (χ4v) is 3.63. The Hall–Kier alpha value is -2.73. The van der Waals surface area contributed by atoms with Gasteiger partial charge in [0.25, 0.3) is 0 Å². The lowest BCUT2D eigenvalue weighted by molar-refractivity contribution is -0.0264. The first-order valence-electron chi connectivity index (χ1n) is 10.2. The fourth-order valence-electron chi connectivity index (χ4n) is 3.63. The van der Waals surface area contributed by atoms with E-state index >= 15 is 0 Å². The molecular formula is C23H31N3O3. The molecular weight excluding hydrogens is 366 g/mol. The minimum Gasteiger partial charge on any atom is -0.493 e. The number of ether oxygens (including phenoxy) is 3. The third-order valence-electron chi connectivity index (χ3n) is 5.05. The van der Waals surface area contributed by atoms with Crippen molar-refractivity contribution in [1.29, 1.82) is 0 Å². The van der Waals surface area contributed by atoms with Crippen molar-refractivity contribution >= 4 is 11.6 Å². The standard InChI is InChI=1S/C23H31N3O3/c1-4-28-21-15-19(12-13-20(21)27-3)26-23(24-2)25-16-18-11-8-14-29-22(18)17-9-6-5-7-10-17/h5-7,9-10,12-13,15,18,22H,4,8,11,14,16H2,1-3H3,(H2,24,25,26). The summed E-state index contributed by atoms with van der Waals surface area (Å²) < 4.78 is 17.1. The summed E-state index contributed by atoms with van der Waals surface area (Å²) in [5.74, 6) is 2.53. The Bertz CT molecular complexity index is 795. The molecule has 0 aliphatic carbocycles. The highest BCUT2D eigenvalue weighted by Gasteiger charge is 2.27. The summed E-state index contributed by atoms with van der Waals surface area (Å²) >= 11 is 0. The molecule has 2 N–H and O–H groups in total. The van der Waals surface area contributed by atoms with Crippen LogP contribution in [0, 0.1) is 5.92 Å². The van der Waals surface area contributed by atoms with Gasteiger partial charge in [-0.05, 0) is 37.5 Å². The molecule has 1 aliphatic heterocycles. The van der Waals surface area contributed by atoms with Crippen molar-refractivity contribution in [3.63, 3.8) is 0 Å². The molecule has 0 aromatic heterocycles. The van der Waals surface area contributed by atoms with Crippen molar-refractivity contribution < 1.29 is 14.2 Å². The van der Waals surface area contributed by atoms with Gasteiger partial charge in [-0.25, -0.2) is 0 Å². The Labute approximate surface area is 173 Å².